The number of carbonyl (C=O) groups excluding carboxylic acids is 1. The van der Waals surface area contributed by atoms with Crippen LogP contribution >= 0.6 is 11.8 Å². The lowest BCUT2D eigenvalue weighted by Gasteiger charge is -2.36. The van der Waals surface area contributed by atoms with E-state index < -0.39 is 0 Å². The number of rotatable bonds is 5. The second-order valence-electron chi connectivity index (χ2n) is 7.36. The van der Waals surface area contributed by atoms with Crippen molar-refractivity contribution >= 4 is 23.2 Å². The van der Waals surface area contributed by atoms with Gasteiger partial charge in [-0.1, -0.05) is 6.92 Å². The minimum absolute atomic E-state index is 0.0987. The molecule has 0 radical (unpaired) electrons. The molecule has 2 aromatic heterocycles. The highest BCUT2D eigenvalue weighted by Crippen LogP contribution is 2.53. The average Bonchev–Trinajstić information content (AvgIpc) is 2.90. The second-order valence-corrected chi connectivity index (χ2v) is 8.67. The van der Waals surface area contributed by atoms with Crippen LogP contribution in [0.15, 0.2) is 29.4 Å². The summed E-state index contributed by atoms with van der Waals surface area (Å²) in [6.07, 6.45) is 4.08. The topological polar surface area (TPSA) is 63.6 Å². The zero-order valence-corrected chi connectivity index (χ0v) is 15.2. The van der Waals surface area contributed by atoms with Gasteiger partial charge in [-0.3, -0.25) is 9.69 Å². The number of fused-ring (bicyclic) bond motifs is 2. The predicted molar refractivity (Wildman–Crippen MR) is 95.9 cm³/mol. The zero-order valence-electron chi connectivity index (χ0n) is 14.4. The summed E-state index contributed by atoms with van der Waals surface area (Å²) in [5, 5.41) is 0. The smallest absolute Gasteiger partial charge is 0.221 e. The lowest BCUT2D eigenvalue weighted by atomic mass is 10.0. The van der Waals surface area contributed by atoms with Crippen molar-refractivity contribution in [1.82, 2.24) is 14.3 Å². The monoisotopic (exact) mass is 344 g/mol. The van der Waals surface area contributed by atoms with E-state index in [4.69, 9.17) is 10.7 Å². The van der Waals surface area contributed by atoms with Crippen molar-refractivity contribution in [2.24, 2.45) is 23.5 Å². The van der Waals surface area contributed by atoms with E-state index in [1.165, 1.54) is 10.4 Å². The molecule has 6 heteroatoms. The van der Waals surface area contributed by atoms with E-state index >= 15 is 0 Å². The number of nitrogens with zero attached hydrogens (tertiary/aromatic N) is 3. The summed E-state index contributed by atoms with van der Waals surface area (Å²) in [4.78, 5) is 19.9. The zero-order chi connectivity index (χ0) is 17.1. The summed E-state index contributed by atoms with van der Waals surface area (Å²) in [6, 6.07) is 4.25. The maximum atomic E-state index is 11.4. The quantitative estimate of drug-likeness (QED) is 0.846. The molecule has 1 aliphatic heterocycles. The van der Waals surface area contributed by atoms with Crippen LogP contribution in [0.1, 0.15) is 26.6 Å². The Labute approximate surface area is 146 Å². The van der Waals surface area contributed by atoms with E-state index in [2.05, 4.69) is 48.4 Å². The van der Waals surface area contributed by atoms with Gasteiger partial charge in [-0.05, 0) is 43.6 Å². The van der Waals surface area contributed by atoms with Crippen LogP contribution in [0, 0.1) is 17.8 Å². The van der Waals surface area contributed by atoms with Crippen LogP contribution < -0.4 is 5.73 Å². The van der Waals surface area contributed by atoms with E-state index in [1.807, 2.05) is 18.0 Å². The van der Waals surface area contributed by atoms with Crippen molar-refractivity contribution in [2.75, 3.05) is 18.8 Å². The van der Waals surface area contributed by atoms with Gasteiger partial charge in [0.2, 0.25) is 5.91 Å². The molecule has 24 heavy (non-hydrogen) atoms. The Morgan fingerprint density at radius 1 is 1.42 bits per heavy atom. The Balaban J connectivity index is 1.63. The molecule has 2 aliphatic rings. The number of primary amides is 1. The molecular weight excluding hydrogens is 320 g/mol. The van der Waals surface area contributed by atoms with Gasteiger partial charge in [-0.25, -0.2) is 4.98 Å². The van der Waals surface area contributed by atoms with Crippen molar-refractivity contribution in [3.05, 3.63) is 30.4 Å². The molecule has 1 amide bonds. The standard InChI is InChI=1S/C18H24N4OS/c1-4-24-14-6-5-7-22-13(14)8-20-17(22)18(2,3)21-9-11-12(10-21)15(11)16(19)23/h5-8,11-12,15H,4,9-10H2,1-3H3,(H2,19,23). The lowest BCUT2D eigenvalue weighted by molar-refractivity contribution is -0.120. The van der Waals surface area contributed by atoms with Gasteiger partial charge in [-0.15, -0.1) is 11.8 Å². The van der Waals surface area contributed by atoms with Crippen LogP contribution in [0.25, 0.3) is 5.52 Å². The Hall–Kier alpha value is -1.53. The molecule has 5 nitrogen and oxygen atoms in total. The summed E-state index contributed by atoms with van der Waals surface area (Å²) in [5.41, 5.74) is 6.48. The third-order valence-corrected chi connectivity index (χ3v) is 6.64. The maximum absolute atomic E-state index is 11.4. The molecular formula is C18H24N4OS. The summed E-state index contributed by atoms with van der Waals surface area (Å²) in [7, 11) is 0. The maximum Gasteiger partial charge on any atom is 0.221 e. The number of imidazole rings is 1. The van der Waals surface area contributed by atoms with Crippen molar-refractivity contribution in [3.63, 3.8) is 0 Å². The second kappa shape index (κ2) is 5.49. The number of pyridine rings is 1. The number of piperidine rings is 1. The van der Waals surface area contributed by atoms with Crippen LogP contribution in [0.3, 0.4) is 0 Å². The molecule has 2 N–H and O–H groups in total. The highest BCUT2D eigenvalue weighted by molar-refractivity contribution is 7.99. The van der Waals surface area contributed by atoms with Gasteiger partial charge in [0.15, 0.2) is 0 Å². The van der Waals surface area contributed by atoms with E-state index in [0.29, 0.717) is 11.8 Å². The van der Waals surface area contributed by atoms with Crippen LogP contribution in [0.2, 0.25) is 0 Å². The van der Waals surface area contributed by atoms with Crippen molar-refractivity contribution < 1.29 is 4.79 Å². The van der Waals surface area contributed by atoms with Crippen LogP contribution in [-0.2, 0) is 10.3 Å². The number of thioether (sulfide) groups is 1. The van der Waals surface area contributed by atoms with Crippen molar-refractivity contribution in [2.45, 2.75) is 31.2 Å². The number of hydrogen-bond donors (Lipinski definition) is 1. The van der Waals surface area contributed by atoms with Crippen LogP contribution in [0.4, 0.5) is 0 Å². The molecule has 3 heterocycles. The molecule has 0 aromatic carbocycles. The van der Waals surface area contributed by atoms with Gasteiger partial charge >= 0.3 is 0 Å². The van der Waals surface area contributed by atoms with Gasteiger partial charge in [-0.2, -0.15) is 0 Å². The van der Waals surface area contributed by atoms with Gasteiger partial charge in [0.05, 0.1) is 17.3 Å². The Morgan fingerprint density at radius 3 is 2.75 bits per heavy atom. The fourth-order valence-electron chi connectivity index (χ4n) is 4.27. The third-order valence-electron chi connectivity index (χ3n) is 5.69. The summed E-state index contributed by atoms with van der Waals surface area (Å²) < 4.78 is 2.22. The molecule has 128 valence electrons. The van der Waals surface area contributed by atoms with Crippen molar-refractivity contribution in [3.8, 4) is 0 Å². The first-order chi connectivity index (χ1) is 11.4. The number of aromatic nitrogens is 2. The van der Waals surface area contributed by atoms with Crippen LogP contribution in [-0.4, -0.2) is 39.0 Å². The number of likely N-dealkylation sites (tertiary alicyclic amines) is 1. The first-order valence-electron chi connectivity index (χ1n) is 8.59. The molecule has 1 saturated heterocycles. The van der Waals surface area contributed by atoms with Crippen LogP contribution in [0.5, 0.6) is 0 Å². The number of amides is 1. The predicted octanol–water partition coefficient (Wildman–Crippen LogP) is 2.34. The molecule has 0 bridgehead atoms. The lowest BCUT2D eigenvalue weighted by Crippen LogP contribution is -2.43. The van der Waals surface area contributed by atoms with Gasteiger partial charge < -0.3 is 10.1 Å². The Kier molecular flexibility index (Phi) is 3.65. The number of hydrogen-bond acceptors (Lipinski definition) is 4. The third kappa shape index (κ3) is 2.27. The molecule has 1 aliphatic carbocycles. The van der Waals surface area contributed by atoms with E-state index in [1.54, 1.807) is 0 Å². The van der Waals surface area contributed by atoms with Gasteiger partial charge in [0, 0.05) is 30.1 Å². The first-order valence-corrected chi connectivity index (χ1v) is 9.57. The van der Waals surface area contributed by atoms with E-state index in [0.717, 1.165) is 24.7 Å². The van der Waals surface area contributed by atoms with E-state index in [9.17, 15) is 4.79 Å². The number of carbonyl (C=O) groups is 1. The SMILES string of the molecule is CCSc1cccn2c(C(C)(C)N3CC4C(C3)C4C(N)=O)ncc12. The molecule has 2 aromatic rings. The minimum Gasteiger partial charge on any atom is -0.369 e. The fourth-order valence-corrected chi connectivity index (χ4v) is 5.06. The molecule has 2 unspecified atom stereocenters. The fraction of sp³-hybridized carbons (Fsp3) is 0.556. The average molecular weight is 344 g/mol. The van der Waals surface area contributed by atoms with Gasteiger partial charge in [0.25, 0.3) is 0 Å². The van der Waals surface area contributed by atoms with Gasteiger partial charge in [0.1, 0.15) is 5.82 Å². The summed E-state index contributed by atoms with van der Waals surface area (Å²) >= 11 is 1.85. The highest BCUT2D eigenvalue weighted by atomic mass is 32.2. The number of nitrogens with two attached hydrogens (primary N) is 1. The molecule has 2 fully saturated rings. The first kappa shape index (κ1) is 16.0. The van der Waals surface area contributed by atoms with Crippen molar-refractivity contribution in [1.29, 1.82) is 0 Å². The summed E-state index contributed by atoms with van der Waals surface area (Å²) in [6.45, 7) is 8.49. The summed E-state index contributed by atoms with van der Waals surface area (Å²) in [5.74, 6) is 2.97. The molecule has 0 spiro atoms. The molecule has 1 saturated carbocycles. The van der Waals surface area contributed by atoms with E-state index in [-0.39, 0.29) is 17.4 Å². The normalized spacial score (nSPS) is 26.7. The minimum atomic E-state index is -0.169. The Bertz CT molecular complexity index is 787. The highest BCUT2D eigenvalue weighted by Gasteiger charge is 2.60. The molecule has 4 rings (SSSR count). The molecule has 2 atom stereocenters. The largest absolute Gasteiger partial charge is 0.369 e. The Morgan fingerprint density at radius 2 is 2.12 bits per heavy atom.